The van der Waals surface area contributed by atoms with Crippen LogP contribution < -0.4 is 0 Å². The smallest absolute Gasteiger partial charge is 0.276 e. The average Bonchev–Trinajstić information content (AvgIpc) is 3.40. The standard InChI is InChI=1S/C21H27N3O2/c1-15-12-18(10-11-24(15)14-16-6-4-3-5-7-16)23(2)21(25)19-13-20(26-22-19)17-8-9-17/h3-7,13,15,17-18H,8-12,14H2,1-2H3. The number of benzene rings is 1. The van der Waals surface area contributed by atoms with E-state index >= 15 is 0 Å². The van der Waals surface area contributed by atoms with Gasteiger partial charge in [-0.2, -0.15) is 0 Å². The Labute approximate surface area is 155 Å². The summed E-state index contributed by atoms with van der Waals surface area (Å²) >= 11 is 0. The predicted molar refractivity (Wildman–Crippen MR) is 99.9 cm³/mol. The molecule has 0 N–H and O–H groups in total. The molecular weight excluding hydrogens is 326 g/mol. The van der Waals surface area contributed by atoms with Gasteiger partial charge in [0, 0.05) is 44.2 Å². The molecule has 5 heteroatoms. The van der Waals surface area contributed by atoms with Gasteiger partial charge in [-0.3, -0.25) is 9.69 Å². The van der Waals surface area contributed by atoms with E-state index in [4.69, 9.17) is 4.52 Å². The first-order valence-corrected chi connectivity index (χ1v) is 9.63. The molecule has 1 saturated heterocycles. The van der Waals surface area contributed by atoms with Gasteiger partial charge in [-0.1, -0.05) is 35.5 Å². The number of carbonyl (C=O) groups excluding carboxylic acids is 1. The molecule has 1 aliphatic heterocycles. The van der Waals surface area contributed by atoms with Gasteiger partial charge in [0.2, 0.25) is 0 Å². The third-order valence-corrected chi connectivity index (χ3v) is 5.81. The molecule has 1 aliphatic carbocycles. The summed E-state index contributed by atoms with van der Waals surface area (Å²) in [5.41, 5.74) is 1.80. The fraction of sp³-hybridized carbons (Fsp3) is 0.524. The number of rotatable bonds is 5. The highest BCUT2D eigenvalue weighted by atomic mass is 16.5. The van der Waals surface area contributed by atoms with Gasteiger partial charge in [-0.05, 0) is 38.2 Å². The first kappa shape index (κ1) is 17.3. The van der Waals surface area contributed by atoms with Crippen LogP contribution in [0.4, 0.5) is 0 Å². The van der Waals surface area contributed by atoms with Crippen molar-refractivity contribution < 1.29 is 9.32 Å². The molecule has 0 spiro atoms. The van der Waals surface area contributed by atoms with E-state index in [-0.39, 0.29) is 11.9 Å². The highest BCUT2D eigenvalue weighted by molar-refractivity contribution is 5.92. The van der Waals surface area contributed by atoms with Gasteiger partial charge in [-0.25, -0.2) is 0 Å². The number of amides is 1. The molecule has 26 heavy (non-hydrogen) atoms. The van der Waals surface area contributed by atoms with Crippen molar-refractivity contribution in [2.45, 2.75) is 57.2 Å². The fourth-order valence-electron chi connectivity index (χ4n) is 3.90. The topological polar surface area (TPSA) is 49.6 Å². The van der Waals surface area contributed by atoms with Crippen molar-refractivity contribution in [3.63, 3.8) is 0 Å². The minimum atomic E-state index is -0.0191. The molecule has 0 bridgehead atoms. The third-order valence-electron chi connectivity index (χ3n) is 5.81. The second kappa shape index (κ2) is 7.23. The van der Waals surface area contributed by atoms with Crippen LogP contribution in [0.2, 0.25) is 0 Å². The number of likely N-dealkylation sites (tertiary alicyclic amines) is 1. The van der Waals surface area contributed by atoms with Gasteiger partial charge in [0.25, 0.3) is 5.91 Å². The van der Waals surface area contributed by atoms with E-state index in [1.807, 2.05) is 18.0 Å². The summed E-state index contributed by atoms with van der Waals surface area (Å²) in [6.45, 7) is 4.24. The Kier molecular flexibility index (Phi) is 4.81. The fourth-order valence-corrected chi connectivity index (χ4v) is 3.90. The lowest BCUT2D eigenvalue weighted by molar-refractivity contribution is 0.0530. The number of nitrogens with zero attached hydrogens (tertiary/aromatic N) is 3. The molecule has 2 aliphatic rings. The van der Waals surface area contributed by atoms with Gasteiger partial charge < -0.3 is 9.42 Å². The number of aromatic nitrogens is 1. The van der Waals surface area contributed by atoms with Gasteiger partial charge in [0.15, 0.2) is 5.69 Å². The SMILES string of the molecule is CC1CC(N(C)C(=O)c2cc(C3CC3)on2)CCN1Cc1ccccc1. The van der Waals surface area contributed by atoms with Crippen molar-refractivity contribution in [1.82, 2.24) is 15.0 Å². The average molecular weight is 353 g/mol. The van der Waals surface area contributed by atoms with Crippen molar-refractivity contribution in [2.75, 3.05) is 13.6 Å². The van der Waals surface area contributed by atoms with E-state index in [9.17, 15) is 4.79 Å². The molecule has 5 nitrogen and oxygen atoms in total. The lowest BCUT2D eigenvalue weighted by Gasteiger charge is -2.41. The number of hydrogen-bond donors (Lipinski definition) is 0. The second-order valence-electron chi connectivity index (χ2n) is 7.79. The second-order valence-corrected chi connectivity index (χ2v) is 7.79. The maximum absolute atomic E-state index is 12.8. The van der Waals surface area contributed by atoms with Crippen LogP contribution in [-0.4, -0.2) is 46.5 Å². The van der Waals surface area contributed by atoms with Crippen LogP contribution in [0.3, 0.4) is 0 Å². The molecule has 2 atom stereocenters. The van der Waals surface area contributed by atoms with Gasteiger partial charge in [0.1, 0.15) is 5.76 Å². The van der Waals surface area contributed by atoms with Gasteiger partial charge in [0.05, 0.1) is 0 Å². The quantitative estimate of drug-likeness (QED) is 0.823. The summed E-state index contributed by atoms with van der Waals surface area (Å²) < 4.78 is 5.35. The highest BCUT2D eigenvalue weighted by Crippen LogP contribution is 2.40. The normalized spacial score (nSPS) is 23.8. The maximum Gasteiger partial charge on any atom is 0.276 e. The van der Waals surface area contributed by atoms with Crippen molar-refractivity contribution in [1.29, 1.82) is 0 Å². The molecule has 1 aromatic carbocycles. The molecule has 1 amide bonds. The molecule has 1 saturated carbocycles. The maximum atomic E-state index is 12.8. The molecule has 4 rings (SSSR count). The summed E-state index contributed by atoms with van der Waals surface area (Å²) in [5, 5.41) is 4.01. The molecule has 2 unspecified atom stereocenters. The van der Waals surface area contributed by atoms with Gasteiger partial charge in [-0.15, -0.1) is 0 Å². The lowest BCUT2D eigenvalue weighted by Crippen LogP contribution is -2.49. The number of piperidine rings is 1. The Balaban J connectivity index is 1.35. The van der Waals surface area contributed by atoms with E-state index in [0.29, 0.717) is 17.7 Å². The van der Waals surface area contributed by atoms with Crippen LogP contribution in [0.1, 0.15) is 60.3 Å². The molecule has 2 heterocycles. The van der Waals surface area contributed by atoms with Crippen LogP contribution >= 0.6 is 0 Å². The van der Waals surface area contributed by atoms with E-state index in [1.54, 1.807) is 0 Å². The highest BCUT2D eigenvalue weighted by Gasteiger charge is 2.33. The summed E-state index contributed by atoms with van der Waals surface area (Å²) in [7, 11) is 1.90. The molecule has 2 fully saturated rings. The molecule has 0 radical (unpaired) electrons. The van der Waals surface area contributed by atoms with E-state index in [0.717, 1.165) is 44.5 Å². The van der Waals surface area contributed by atoms with E-state index in [1.165, 1.54) is 5.56 Å². The van der Waals surface area contributed by atoms with Crippen molar-refractivity contribution >= 4 is 5.91 Å². The predicted octanol–water partition coefficient (Wildman–Crippen LogP) is 3.68. The van der Waals surface area contributed by atoms with E-state index < -0.39 is 0 Å². The Bertz CT molecular complexity index is 754. The lowest BCUT2D eigenvalue weighted by atomic mass is 9.96. The molecule has 1 aromatic heterocycles. The monoisotopic (exact) mass is 353 g/mol. The summed E-state index contributed by atoms with van der Waals surface area (Å²) in [5.74, 6) is 1.33. The van der Waals surface area contributed by atoms with Crippen LogP contribution in [0.15, 0.2) is 40.9 Å². The number of carbonyl (C=O) groups is 1. The molecular formula is C21H27N3O2. The van der Waals surface area contributed by atoms with E-state index in [2.05, 4.69) is 47.3 Å². The van der Waals surface area contributed by atoms with Crippen molar-refractivity contribution in [3.8, 4) is 0 Å². The molecule has 2 aromatic rings. The third kappa shape index (κ3) is 3.68. The minimum absolute atomic E-state index is 0.0191. The minimum Gasteiger partial charge on any atom is -0.360 e. The summed E-state index contributed by atoms with van der Waals surface area (Å²) in [6.07, 6.45) is 4.28. The van der Waals surface area contributed by atoms with Gasteiger partial charge >= 0.3 is 0 Å². The van der Waals surface area contributed by atoms with Crippen molar-refractivity contribution in [2.24, 2.45) is 0 Å². The van der Waals surface area contributed by atoms with Crippen LogP contribution in [0.25, 0.3) is 0 Å². The summed E-state index contributed by atoms with van der Waals surface area (Å²) in [6, 6.07) is 13.1. The Morgan fingerprint density at radius 1 is 1.27 bits per heavy atom. The summed E-state index contributed by atoms with van der Waals surface area (Å²) in [4.78, 5) is 17.1. The zero-order valence-corrected chi connectivity index (χ0v) is 15.6. The Morgan fingerprint density at radius 3 is 2.73 bits per heavy atom. The van der Waals surface area contributed by atoms with Crippen LogP contribution in [0, 0.1) is 0 Å². The first-order chi connectivity index (χ1) is 12.6. The van der Waals surface area contributed by atoms with Crippen LogP contribution in [-0.2, 0) is 6.54 Å². The zero-order valence-electron chi connectivity index (χ0n) is 15.6. The molecule has 138 valence electrons. The van der Waals surface area contributed by atoms with Crippen molar-refractivity contribution in [3.05, 3.63) is 53.4 Å². The largest absolute Gasteiger partial charge is 0.360 e. The Morgan fingerprint density at radius 2 is 2.04 bits per heavy atom. The first-order valence-electron chi connectivity index (χ1n) is 9.63. The number of hydrogen-bond acceptors (Lipinski definition) is 4. The van der Waals surface area contributed by atoms with Crippen LogP contribution in [0.5, 0.6) is 0 Å². The zero-order chi connectivity index (χ0) is 18.1. The Hall–Kier alpha value is -2.14.